The Bertz CT molecular complexity index is 857. The number of morpholine rings is 1. The Labute approximate surface area is 154 Å². The summed E-state index contributed by atoms with van der Waals surface area (Å²) in [6.45, 7) is 7.84. The van der Waals surface area contributed by atoms with Gasteiger partial charge in [0.15, 0.2) is 0 Å². The number of hydrogen-bond acceptors (Lipinski definition) is 4. The van der Waals surface area contributed by atoms with E-state index in [-0.39, 0.29) is 5.43 Å². The Morgan fingerprint density at radius 1 is 1.08 bits per heavy atom. The fraction of sp³-hybridized carbons (Fsp3) is 0.409. The van der Waals surface area contributed by atoms with Crippen molar-refractivity contribution in [2.75, 3.05) is 26.3 Å². The molecule has 0 atom stereocenters. The monoisotopic (exact) mass is 353 g/mol. The molecule has 0 saturated carbocycles. The van der Waals surface area contributed by atoms with E-state index in [0.717, 1.165) is 56.0 Å². The molecule has 2 aliphatic rings. The average Bonchev–Trinajstić information content (AvgIpc) is 2.71. The van der Waals surface area contributed by atoms with E-state index in [4.69, 9.17) is 9.15 Å². The third kappa shape index (κ3) is 3.97. The standard InChI is InChI=1S/C20H21NO3.C2H6/c22-20-16-8-4-5-9-17(16)24-18(14-21-10-12-23-13-11-21)19(20)15-6-2-1-3-7-15;1-2/h2,4-9H,1,3,10-14H2;1-2H3. The van der Waals surface area contributed by atoms with Crippen LogP contribution in [0.4, 0.5) is 0 Å². The molecule has 1 aliphatic heterocycles. The first-order valence-corrected chi connectivity index (χ1v) is 9.55. The molecule has 0 N–H and O–H groups in total. The van der Waals surface area contributed by atoms with Crippen LogP contribution in [0.2, 0.25) is 0 Å². The SMILES string of the molecule is CC.O=c1c(C2=CCCC=C2)c(CN2CCOCC2)oc2ccccc12. The Hall–Kier alpha value is -2.17. The molecular weight excluding hydrogens is 326 g/mol. The second kappa shape index (κ2) is 8.97. The zero-order chi connectivity index (χ0) is 18.4. The Kier molecular flexibility index (Phi) is 6.42. The number of hydrogen-bond donors (Lipinski definition) is 0. The summed E-state index contributed by atoms with van der Waals surface area (Å²) in [5.41, 5.74) is 2.44. The summed E-state index contributed by atoms with van der Waals surface area (Å²) in [6.07, 6.45) is 8.32. The van der Waals surface area contributed by atoms with Crippen molar-refractivity contribution in [1.82, 2.24) is 4.90 Å². The van der Waals surface area contributed by atoms with Crippen molar-refractivity contribution in [2.45, 2.75) is 33.2 Å². The van der Waals surface area contributed by atoms with Gasteiger partial charge in [0.2, 0.25) is 5.43 Å². The van der Waals surface area contributed by atoms with E-state index in [2.05, 4.69) is 17.1 Å². The highest BCUT2D eigenvalue weighted by Crippen LogP contribution is 2.26. The van der Waals surface area contributed by atoms with Crippen molar-refractivity contribution >= 4 is 16.5 Å². The van der Waals surface area contributed by atoms with Crippen LogP contribution in [0.5, 0.6) is 0 Å². The maximum atomic E-state index is 13.1. The van der Waals surface area contributed by atoms with Gasteiger partial charge in [-0.15, -0.1) is 0 Å². The fourth-order valence-corrected chi connectivity index (χ4v) is 3.35. The molecule has 1 aromatic heterocycles. The summed E-state index contributed by atoms with van der Waals surface area (Å²) >= 11 is 0. The molecule has 2 aromatic rings. The number of para-hydroxylation sites is 1. The van der Waals surface area contributed by atoms with Crippen LogP contribution in [-0.4, -0.2) is 31.2 Å². The van der Waals surface area contributed by atoms with Crippen LogP contribution >= 0.6 is 0 Å². The zero-order valence-corrected chi connectivity index (χ0v) is 15.7. The van der Waals surface area contributed by atoms with Crippen LogP contribution in [0.25, 0.3) is 16.5 Å². The lowest BCUT2D eigenvalue weighted by Crippen LogP contribution is -2.36. The molecule has 138 valence electrons. The molecule has 1 fully saturated rings. The molecule has 2 heterocycles. The summed E-state index contributed by atoms with van der Waals surface area (Å²) in [4.78, 5) is 15.4. The van der Waals surface area contributed by atoms with Gasteiger partial charge in [-0.2, -0.15) is 0 Å². The second-order valence-corrected chi connectivity index (χ2v) is 6.25. The Morgan fingerprint density at radius 2 is 1.85 bits per heavy atom. The second-order valence-electron chi connectivity index (χ2n) is 6.25. The largest absolute Gasteiger partial charge is 0.459 e. The van der Waals surface area contributed by atoms with E-state index in [1.807, 2.05) is 44.2 Å². The lowest BCUT2D eigenvalue weighted by atomic mass is 9.97. The molecule has 0 unspecified atom stereocenters. The van der Waals surface area contributed by atoms with Gasteiger partial charge in [-0.05, 0) is 30.5 Å². The van der Waals surface area contributed by atoms with Gasteiger partial charge in [0.25, 0.3) is 0 Å². The number of nitrogens with zero attached hydrogens (tertiary/aromatic N) is 1. The van der Waals surface area contributed by atoms with Crippen molar-refractivity contribution in [3.8, 4) is 0 Å². The Morgan fingerprint density at radius 3 is 2.58 bits per heavy atom. The number of allylic oxidation sites excluding steroid dienone is 4. The molecule has 4 nitrogen and oxygen atoms in total. The third-order valence-corrected chi connectivity index (χ3v) is 4.63. The molecule has 0 amide bonds. The van der Waals surface area contributed by atoms with Crippen LogP contribution < -0.4 is 5.43 Å². The minimum absolute atomic E-state index is 0.0675. The van der Waals surface area contributed by atoms with Crippen molar-refractivity contribution in [3.63, 3.8) is 0 Å². The van der Waals surface area contributed by atoms with Crippen molar-refractivity contribution in [1.29, 1.82) is 0 Å². The average molecular weight is 353 g/mol. The van der Waals surface area contributed by atoms with Crippen LogP contribution in [-0.2, 0) is 11.3 Å². The molecule has 4 rings (SSSR count). The van der Waals surface area contributed by atoms with Crippen molar-refractivity contribution in [2.24, 2.45) is 0 Å². The van der Waals surface area contributed by atoms with E-state index in [0.29, 0.717) is 17.5 Å². The third-order valence-electron chi connectivity index (χ3n) is 4.63. The van der Waals surface area contributed by atoms with Gasteiger partial charge in [-0.1, -0.05) is 44.2 Å². The van der Waals surface area contributed by atoms with Crippen molar-refractivity contribution < 1.29 is 9.15 Å². The van der Waals surface area contributed by atoms with Crippen LogP contribution in [0.1, 0.15) is 38.0 Å². The quantitative estimate of drug-likeness (QED) is 0.821. The lowest BCUT2D eigenvalue weighted by molar-refractivity contribution is 0.0313. The zero-order valence-electron chi connectivity index (χ0n) is 15.7. The highest BCUT2D eigenvalue weighted by Gasteiger charge is 2.20. The van der Waals surface area contributed by atoms with Gasteiger partial charge < -0.3 is 9.15 Å². The minimum atomic E-state index is 0.0675. The number of rotatable bonds is 3. The van der Waals surface area contributed by atoms with Gasteiger partial charge >= 0.3 is 0 Å². The van der Waals surface area contributed by atoms with E-state index >= 15 is 0 Å². The maximum Gasteiger partial charge on any atom is 0.200 e. The van der Waals surface area contributed by atoms with Gasteiger partial charge in [0.05, 0.1) is 30.7 Å². The van der Waals surface area contributed by atoms with Crippen LogP contribution in [0.3, 0.4) is 0 Å². The predicted molar refractivity (Wildman–Crippen MR) is 106 cm³/mol. The van der Waals surface area contributed by atoms with E-state index in [1.165, 1.54) is 0 Å². The van der Waals surface area contributed by atoms with Crippen molar-refractivity contribution in [3.05, 3.63) is 64.0 Å². The topological polar surface area (TPSA) is 42.7 Å². The van der Waals surface area contributed by atoms with Gasteiger partial charge in [0.1, 0.15) is 11.3 Å². The van der Waals surface area contributed by atoms with E-state index < -0.39 is 0 Å². The molecule has 0 radical (unpaired) electrons. The number of ether oxygens (including phenoxy) is 1. The van der Waals surface area contributed by atoms with E-state index in [9.17, 15) is 4.79 Å². The first-order chi connectivity index (χ1) is 12.8. The summed E-state index contributed by atoms with van der Waals surface area (Å²) in [6, 6.07) is 7.50. The maximum absolute atomic E-state index is 13.1. The minimum Gasteiger partial charge on any atom is -0.459 e. The Balaban J connectivity index is 0.000000948. The summed E-state index contributed by atoms with van der Waals surface area (Å²) in [5.74, 6) is 0.762. The normalized spacial score (nSPS) is 17.5. The smallest absolute Gasteiger partial charge is 0.200 e. The first-order valence-electron chi connectivity index (χ1n) is 9.55. The molecule has 1 aliphatic carbocycles. The van der Waals surface area contributed by atoms with Crippen LogP contribution in [0, 0.1) is 0 Å². The van der Waals surface area contributed by atoms with E-state index in [1.54, 1.807) is 0 Å². The summed E-state index contributed by atoms with van der Waals surface area (Å²) < 4.78 is 11.6. The molecule has 1 saturated heterocycles. The molecule has 4 heteroatoms. The molecular formula is C22H27NO3. The van der Waals surface area contributed by atoms with Crippen LogP contribution in [0.15, 0.2) is 51.7 Å². The molecule has 1 aromatic carbocycles. The molecule has 0 spiro atoms. The summed E-state index contributed by atoms with van der Waals surface area (Å²) in [5, 5.41) is 0.651. The number of benzene rings is 1. The highest BCUT2D eigenvalue weighted by atomic mass is 16.5. The summed E-state index contributed by atoms with van der Waals surface area (Å²) in [7, 11) is 0. The molecule has 26 heavy (non-hydrogen) atoms. The van der Waals surface area contributed by atoms with Gasteiger partial charge in [-0.25, -0.2) is 0 Å². The lowest BCUT2D eigenvalue weighted by Gasteiger charge is -2.26. The van der Waals surface area contributed by atoms with Gasteiger partial charge in [-0.3, -0.25) is 9.69 Å². The predicted octanol–water partition coefficient (Wildman–Crippen LogP) is 4.38. The number of fused-ring (bicyclic) bond motifs is 1. The highest BCUT2D eigenvalue weighted by molar-refractivity contribution is 5.84. The first kappa shape index (κ1) is 18.6. The molecule has 0 bridgehead atoms. The van der Waals surface area contributed by atoms with Gasteiger partial charge in [0, 0.05) is 13.1 Å². The fourth-order valence-electron chi connectivity index (χ4n) is 3.35.